The smallest absolute Gasteiger partial charge is 0.307 e. The lowest BCUT2D eigenvalue weighted by Crippen LogP contribution is -2.18. The van der Waals surface area contributed by atoms with E-state index in [1.54, 1.807) is 17.8 Å². The van der Waals surface area contributed by atoms with Crippen LogP contribution in [0.4, 0.5) is 0 Å². The standard InChI is InChI=1S/C13H12ClNO2S/c14-11-3-1-2-9(5-11)4-10(13(16)17)6-12-7-15-8-18-12/h1-3,5,7-8,10H,4,6H2,(H,16,17). The van der Waals surface area contributed by atoms with Gasteiger partial charge < -0.3 is 5.11 Å². The zero-order valence-electron chi connectivity index (χ0n) is 9.54. The van der Waals surface area contributed by atoms with Crippen molar-refractivity contribution in [3.05, 3.63) is 51.4 Å². The molecule has 0 fully saturated rings. The lowest BCUT2D eigenvalue weighted by atomic mass is 9.96. The van der Waals surface area contributed by atoms with Crippen molar-refractivity contribution in [1.29, 1.82) is 0 Å². The van der Waals surface area contributed by atoms with E-state index in [2.05, 4.69) is 4.98 Å². The number of nitrogens with zero attached hydrogens (tertiary/aromatic N) is 1. The third kappa shape index (κ3) is 3.55. The summed E-state index contributed by atoms with van der Waals surface area (Å²) in [5.41, 5.74) is 2.66. The highest BCUT2D eigenvalue weighted by molar-refractivity contribution is 7.09. The summed E-state index contributed by atoms with van der Waals surface area (Å²) in [7, 11) is 0. The molecule has 0 aliphatic heterocycles. The summed E-state index contributed by atoms with van der Waals surface area (Å²) < 4.78 is 0. The quantitative estimate of drug-likeness (QED) is 0.915. The van der Waals surface area contributed by atoms with Crippen molar-refractivity contribution >= 4 is 28.9 Å². The molecule has 0 bridgehead atoms. The Bertz CT molecular complexity index is 528. The van der Waals surface area contributed by atoms with E-state index in [-0.39, 0.29) is 0 Å². The molecule has 0 saturated carbocycles. The van der Waals surface area contributed by atoms with Crippen LogP contribution in [0.2, 0.25) is 5.02 Å². The second-order valence-electron chi connectivity index (χ2n) is 4.04. The Morgan fingerprint density at radius 2 is 2.28 bits per heavy atom. The number of carboxylic acid groups (broad SMARTS) is 1. The number of hydrogen-bond acceptors (Lipinski definition) is 3. The van der Waals surface area contributed by atoms with Crippen molar-refractivity contribution < 1.29 is 9.90 Å². The second kappa shape index (κ2) is 5.98. The molecule has 0 amide bonds. The van der Waals surface area contributed by atoms with Crippen molar-refractivity contribution in [3.63, 3.8) is 0 Å². The van der Waals surface area contributed by atoms with Crippen molar-refractivity contribution in [2.24, 2.45) is 5.92 Å². The zero-order chi connectivity index (χ0) is 13.0. The number of aromatic nitrogens is 1. The molecule has 1 N–H and O–H groups in total. The molecule has 1 heterocycles. The SMILES string of the molecule is O=C(O)C(Cc1cccc(Cl)c1)Cc1cncs1. The predicted molar refractivity (Wildman–Crippen MR) is 72.1 cm³/mol. The number of carboxylic acids is 1. The van der Waals surface area contributed by atoms with Gasteiger partial charge >= 0.3 is 5.97 Å². The summed E-state index contributed by atoms with van der Waals surface area (Å²) in [4.78, 5) is 16.2. The minimum absolute atomic E-state index is 0.441. The fourth-order valence-corrected chi connectivity index (χ4v) is 2.67. The van der Waals surface area contributed by atoms with Gasteiger partial charge in [-0.25, -0.2) is 0 Å². The Morgan fingerprint density at radius 1 is 1.44 bits per heavy atom. The van der Waals surface area contributed by atoms with E-state index in [4.69, 9.17) is 11.6 Å². The normalized spacial score (nSPS) is 12.3. The van der Waals surface area contributed by atoms with E-state index in [0.717, 1.165) is 10.4 Å². The maximum Gasteiger partial charge on any atom is 0.307 e. The molecule has 94 valence electrons. The average molecular weight is 282 g/mol. The molecule has 0 aliphatic carbocycles. The minimum Gasteiger partial charge on any atom is -0.481 e. The number of hydrogen-bond donors (Lipinski definition) is 1. The first kappa shape index (κ1) is 13.1. The van der Waals surface area contributed by atoms with Gasteiger partial charge in [-0.3, -0.25) is 9.78 Å². The van der Waals surface area contributed by atoms with Crippen molar-refractivity contribution in [1.82, 2.24) is 4.98 Å². The molecule has 0 radical (unpaired) electrons. The van der Waals surface area contributed by atoms with Gasteiger partial charge in [0.1, 0.15) is 0 Å². The molecule has 1 aromatic heterocycles. The fourth-order valence-electron chi connectivity index (χ4n) is 1.78. The number of rotatable bonds is 5. The van der Waals surface area contributed by atoms with Gasteiger partial charge in [0.05, 0.1) is 11.4 Å². The number of thiazole rings is 1. The highest BCUT2D eigenvalue weighted by Crippen LogP contribution is 2.19. The summed E-state index contributed by atoms with van der Waals surface area (Å²) in [6, 6.07) is 7.33. The summed E-state index contributed by atoms with van der Waals surface area (Å²) in [5.74, 6) is -1.23. The van der Waals surface area contributed by atoms with Gasteiger partial charge in [0, 0.05) is 16.1 Å². The van der Waals surface area contributed by atoms with E-state index in [0.29, 0.717) is 17.9 Å². The van der Waals surface area contributed by atoms with Crippen LogP contribution in [0.5, 0.6) is 0 Å². The topological polar surface area (TPSA) is 50.2 Å². The van der Waals surface area contributed by atoms with Gasteiger partial charge in [0.15, 0.2) is 0 Å². The number of carbonyl (C=O) groups is 1. The van der Waals surface area contributed by atoms with Crippen LogP contribution in [0.3, 0.4) is 0 Å². The van der Waals surface area contributed by atoms with Crippen molar-refractivity contribution in [3.8, 4) is 0 Å². The zero-order valence-corrected chi connectivity index (χ0v) is 11.1. The summed E-state index contributed by atoms with van der Waals surface area (Å²) in [6.07, 6.45) is 2.71. The average Bonchev–Trinajstić information content (AvgIpc) is 2.81. The van der Waals surface area contributed by atoms with Crippen LogP contribution >= 0.6 is 22.9 Å². The Balaban J connectivity index is 2.09. The second-order valence-corrected chi connectivity index (χ2v) is 5.45. The van der Waals surface area contributed by atoms with Crippen LogP contribution in [0.15, 0.2) is 36.0 Å². The highest BCUT2D eigenvalue weighted by Gasteiger charge is 2.19. The molecule has 3 nitrogen and oxygen atoms in total. The molecule has 2 aromatic rings. The molecule has 1 atom stereocenters. The molecule has 5 heteroatoms. The van der Waals surface area contributed by atoms with Crippen molar-refractivity contribution in [2.75, 3.05) is 0 Å². The number of benzene rings is 1. The molecule has 0 spiro atoms. The molecule has 1 aromatic carbocycles. The van der Waals surface area contributed by atoms with E-state index in [9.17, 15) is 9.90 Å². The summed E-state index contributed by atoms with van der Waals surface area (Å²) in [5, 5.41) is 9.89. The van der Waals surface area contributed by atoms with Crippen LogP contribution in [0.25, 0.3) is 0 Å². The van der Waals surface area contributed by atoms with Gasteiger partial charge in [-0.05, 0) is 30.5 Å². The van der Waals surface area contributed by atoms with E-state index in [1.165, 1.54) is 11.3 Å². The van der Waals surface area contributed by atoms with Crippen molar-refractivity contribution in [2.45, 2.75) is 12.8 Å². The molecular weight excluding hydrogens is 270 g/mol. The lowest BCUT2D eigenvalue weighted by molar-refractivity contribution is -0.141. The predicted octanol–water partition coefficient (Wildman–Crippen LogP) is 3.28. The van der Waals surface area contributed by atoms with Gasteiger partial charge in [-0.15, -0.1) is 11.3 Å². The third-order valence-corrected chi connectivity index (χ3v) is 3.69. The maximum absolute atomic E-state index is 11.3. The Labute approximate surface area is 114 Å². The largest absolute Gasteiger partial charge is 0.481 e. The summed E-state index contributed by atoms with van der Waals surface area (Å²) >= 11 is 7.38. The minimum atomic E-state index is -0.789. The molecule has 18 heavy (non-hydrogen) atoms. The van der Waals surface area contributed by atoms with Crippen LogP contribution < -0.4 is 0 Å². The first-order valence-electron chi connectivity index (χ1n) is 5.50. The first-order valence-corrected chi connectivity index (χ1v) is 6.75. The summed E-state index contributed by atoms with van der Waals surface area (Å²) in [6.45, 7) is 0. The highest BCUT2D eigenvalue weighted by atomic mass is 35.5. The van der Waals surface area contributed by atoms with Gasteiger partial charge in [0.25, 0.3) is 0 Å². The molecule has 0 saturated heterocycles. The Hall–Kier alpha value is -1.39. The van der Waals surface area contributed by atoms with E-state index in [1.807, 2.05) is 18.2 Å². The molecular formula is C13H12ClNO2S. The number of halogens is 1. The fraction of sp³-hybridized carbons (Fsp3) is 0.231. The van der Waals surface area contributed by atoms with Crippen LogP contribution in [0, 0.1) is 5.92 Å². The lowest BCUT2D eigenvalue weighted by Gasteiger charge is -2.11. The van der Waals surface area contributed by atoms with Gasteiger partial charge in [-0.2, -0.15) is 0 Å². The van der Waals surface area contributed by atoms with Crippen LogP contribution in [-0.4, -0.2) is 16.1 Å². The van der Waals surface area contributed by atoms with Gasteiger partial charge in [0.2, 0.25) is 0 Å². The van der Waals surface area contributed by atoms with Crippen LogP contribution in [0.1, 0.15) is 10.4 Å². The van der Waals surface area contributed by atoms with Crippen LogP contribution in [-0.2, 0) is 17.6 Å². The first-order chi connectivity index (χ1) is 8.65. The molecule has 1 unspecified atom stereocenters. The Morgan fingerprint density at radius 3 is 2.89 bits per heavy atom. The Kier molecular flexibility index (Phi) is 4.33. The molecule has 0 aliphatic rings. The number of aliphatic carboxylic acids is 1. The maximum atomic E-state index is 11.3. The van der Waals surface area contributed by atoms with Gasteiger partial charge in [-0.1, -0.05) is 23.7 Å². The molecule has 2 rings (SSSR count). The monoisotopic (exact) mass is 281 g/mol. The third-order valence-electron chi connectivity index (χ3n) is 2.65. The van der Waals surface area contributed by atoms with E-state index < -0.39 is 11.9 Å². The van der Waals surface area contributed by atoms with E-state index >= 15 is 0 Å².